The lowest BCUT2D eigenvalue weighted by Gasteiger charge is -2.17. The first-order chi connectivity index (χ1) is 14.7. The van der Waals surface area contributed by atoms with Crippen LogP contribution in [0.3, 0.4) is 0 Å². The minimum atomic E-state index is -0.379. The average molecular weight is 405 g/mol. The number of pyridine rings is 2. The van der Waals surface area contributed by atoms with Crippen molar-refractivity contribution in [1.82, 2.24) is 19.9 Å². The Hall–Kier alpha value is -3.09. The van der Waals surface area contributed by atoms with E-state index >= 15 is 0 Å². The van der Waals surface area contributed by atoms with Gasteiger partial charge >= 0.3 is 0 Å². The number of methoxy groups -OCH3 is 1. The van der Waals surface area contributed by atoms with Crippen LogP contribution in [-0.2, 0) is 0 Å². The van der Waals surface area contributed by atoms with Crippen molar-refractivity contribution in [2.24, 2.45) is 11.8 Å². The van der Waals surface area contributed by atoms with Crippen LogP contribution in [0.5, 0.6) is 5.75 Å². The molecule has 0 aromatic carbocycles. The van der Waals surface area contributed by atoms with E-state index in [9.17, 15) is 4.39 Å². The molecule has 3 aromatic heterocycles. The second-order valence-electron chi connectivity index (χ2n) is 8.19. The van der Waals surface area contributed by atoms with Gasteiger partial charge in [-0.25, -0.2) is 14.4 Å². The molecule has 0 N–H and O–H groups in total. The van der Waals surface area contributed by atoms with E-state index in [0.29, 0.717) is 17.0 Å². The van der Waals surface area contributed by atoms with Crippen LogP contribution in [0.25, 0.3) is 11.3 Å². The third kappa shape index (κ3) is 4.10. The molecule has 2 saturated carbocycles. The van der Waals surface area contributed by atoms with Crippen molar-refractivity contribution in [2.45, 2.75) is 25.2 Å². The lowest BCUT2D eigenvalue weighted by molar-refractivity contribution is 0.413. The molecule has 154 valence electrons. The van der Waals surface area contributed by atoms with Crippen LogP contribution >= 0.6 is 0 Å². The largest absolute Gasteiger partial charge is 0.495 e. The zero-order chi connectivity index (χ0) is 20.5. The van der Waals surface area contributed by atoms with E-state index in [1.165, 1.54) is 50.3 Å². The van der Waals surface area contributed by atoms with E-state index in [1.807, 2.05) is 12.4 Å². The van der Waals surface area contributed by atoms with Crippen LogP contribution in [0.4, 0.5) is 10.3 Å². The van der Waals surface area contributed by atoms with Gasteiger partial charge in [0, 0.05) is 37.2 Å². The van der Waals surface area contributed by atoms with Crippen molar-refractivity contribution in [3.05, 3.63) is 60.6 Å². The second-order valence-corrected chi connectivity index (χ2v) is 8.19. The molecular formula is C23H24FN5O. The average Bonchev–Trinajstić information content (AvgIpc) is 3.73. The van der Waals surface area contributed by atoms with Gasteiger partial charge in [0.05, 0.1) is 25.2 Å². The predicted octanol–water partition coefficient (Wildman–Crippen LogP) is 4.10. The maximum Gasteiger partial charge on any atom is 0.225 e. The number of halogens is 1. The van der Waals surface area contributed by atoms with Gasteiger partial charge in [-0.15, -0.1) is 0 Å². The van der Waals surface area contributed by atoms with Gasteiger partial charge in [0.1, 0.15) is 5.75 Å². The van der Waals surface area contributed by atoms with E-state index in [-0.39, 0.29) is 5.82 Å². The van der Waals surface area contributed by atoms with E-state index in [0.717, 1.165) is 23.7 Å². The Morgan fingerprint density at radius 1 is 0.967 bits per heavy atom. The molecule has 1 saturated heterocycles. The summed E-state index contributed by atoms with van der Waals surface area (Å²) in [4.78, 5) is 19.1. The number of fused-ring (bicyclic) bond motifs is 1. The van der Waals surface area contributed by atoms with E-state index in [2.05, 4.69) is 24.8 Å². The maximum atomic E-state index is 13.3. The number of ether oxygens (including phenoxy) is 1. The summed E-state index contributed by atoms with van der Waals surface area (Å²) in [5.41, 5.74) is 2.34. The number of aromatic nitrogens is 4. The fourth-order valence-electron chi connectivity index (χ4n) is 3.93. The van der Waals surface area contributed by atoms with Crippen LogP contribution in [0.2, 0.25) is 0 Å². The number of rotatable bonds is 4. The number of piperidine rings is 1. The summed E-state index contributed by atoms with van der Waals surface area (Å²) in [5.74, 6) is 3.90. The van der Waals surface area contributed by atoms with Gasteiger partial charge in [0.2, 0.25) is 5.95 Å². The Labute approximate surface area is 175 Å². The highest BCUT2D eigenvalue weighted by molar-refractivity contribution is 5.59. The van der Waals surface area contributed by atoms with Gasteiger partial charge in [0.15, 0.2) is 5.82 Å². The monoisotopic (exact) mass is 405 g/mol. The quantitative estimate of drug-likeness (QED) is 0.651. The van der Waals surface area contributed by atoms with Gasteiger partial charge < -0.3 is 9.64 Å². The zero-order valence-electron chi connectivity index (χ0n) is 16.9. The molecular weight excluding hydrogens is 381 g/mol. The zero-order valence-corrected chi connectivity index (χ0v) is 16.9. The first kappa shape index (κ1) is 18.9. The van der Waals surface area contributed by atoms with Crippen molar-refractivity contribution in [3.8, 4) is 17.0 Å². The number of nitrogens with zero attached hydrogens (tertiary/aromatic N) is 5. The summed E-state index contributed by atoms with van der Waals surface area (Å²) >= 11 is 0. The van der Waals surface area contributed by atoms with Gasteiger partial charge in [-0.2, -0.15) is 0 Å². The van der Waals surface area contributed by atoms with Crippen LogP contribution in [-0.4, -0.2) is 40.1 Å². The first-order valence-corrected chi connectivity index (χ1v) is 10.4. The Balaban J connectivity index is 0.000000128. The SMILES string of the molecule is COc1ccc(-c2ccncc2F)nc1.c1nc(N2CC3C[C@@H]3C2)ncc1C1CC1. The third-order valence-corrected chi connectivity index (χ3v) is 5.99. The summed E-state index contributed by atoms with van der Waals surface area (Å²) < 4.78 is 18.3. The minimum absolute atomic E-state index is 0.379. The molecule has 0 spiro atoms. The lowest BCUT2D eigenvalue weighted by Crippen LogP contribution is -2.23. The lowest BCUT2D eigenvalue weighted by atomic mass is 10.2. The van der Waals surface area contributed by atoms with Gasteiger partial charge in [0.25, 0.3) is 0 Å². The fraction of sp³-hybridized carbons (Fsp3) is 0.391. The number of hydrogen-bond acceptors (Lipinski definition) is 6. The highest BCUT2D eigenvalue weighted by Gasteiger charge is 2.45. The predicted molar refractivity (Wildman–Crippen MR) is 112 cm³/mol. The normalized spacial score (nSPS) is 21.5. The molecule has 4 heterocycles. The van der Waals surface area contributed by atoms with E-state index in [4.69, 9.17) is 4.74 Å². The summed E-state index contributed by atoms with van der Waals surface area (Å²) in [6, 6.07) is 5.03. The first-order valence-electron chi connectivity index (χ1n) is 10.4. The Morgan fingerprint density at radius 2 is 1.73 bits per heavy atom. The molecule has 6 nitrogen and oxygen atoms in total. The summed E-state index contributed by atoms with van der Waals surface area (Å²) in [6.07, 6.45) is 12.4. The molecule has 0 radical (unpaired) electrons. The van der Waals surface area contributed by atoms with Crippen molar-refractivity contribution >= 4 is 5.95 Å². The van der Waals surface area contributed by atoms with Gasteiger partial charge in [-0.1, -0.05) is 0 Å². The van der Waals surface area contributed by atoms with E-state index in [1.54, 1.807) is 31.5 Å². The Morgan fingerprint density at radius 3 is 2.33 bits per heavy atom. The fourth-order valence-corrected chi connectivity index (χ4v) is 3.93. The molecule has 2 atom stereocenters. The molecule has 0 bridgehead atoms. The molecule has 6 rings (SSSR count). The molecule has 3 aromatic rings. The van der Waals surface area contributed by atoms with Crippen molar-refractivity contribution in [2.75, 3.05) is 25.1 Å². The van der Waals surface area contributed by atoms with Gasteiger partial charge in [-0.3, -0.25) is 9.97 Å². The molecule has 3 fully saturated rings. The second kappa shape index (κ2) is 7.97. The number of hydrogen-bond donors (Lipinski definition) is 0. The van der Waals surface area contributed by atoms with E-state index < -0.39 is 0 Å². The van der Waals surface area contributed by atoms with Crippen molar-refractivity contribution in [1.29, 1.82) is 0 Å². The maximum absolute atomic E-state index is 13.3. The molecule has 1 unspecified atom stereocenters. The van der Waals surface area contributed by atoms with Gasteiger partial charge in [-0.05, 0) is 60.8 Å². The minimum Gasteiger partial charge on any atom is -0.495 e. The third-order valence-electron chi connectivity index (χ3n) is 5.99. The van der Waals surface area contributed by atoms with Crippen LogP contribution < -0.4 is 9.64 Å². The molecule has 3 aliphatic rings. The number of anilines is 1. The van der Waals surface area contributed by atoms with Crippen molar-refractivity contribution < 1.29 is 9.13 Å². The topological polar surface area (TPSA) is 64.0 Å². The van der Waals surface area contributed by atoms with Crippen LogP contribution in [0.15, 0.2) is 49.2 Å². The summed E-state index contributed by atoms with van der Waals surface area (Å²) in [6.45, 7) is 2.38. The molecule has 7 heteroatoms. The molecule has 30 heavy (non-hydrogen) atoms. The highest BCUT2D eigenvalue weighted by atomic mass is 19.1. The molecule has 1 aliphatic heterocycles. The Kier molecular flexibility index (Phi) is 5.02. The standard InChI is InChI=1S/C12H15N3.C11H9FN2O/c1-2-8(1)11-4-13-12(14-5-11)15-6-9-3-10(9)7-15;1-15-8-2-3-11(14-6-8)9-4-5-13-7-10(9)12/h4-5,8-10H,1-3,6-7H2;2-7H,1H3/t9-,10?;/m1./s1. The molecule has 0 amide bonds. The van der Waals surface area contributed by atoms with Crippen LogP contribution in [0.1, 0.15) is 30.7 Å². The Bertz CT molecular complexity index is 997. The smallest absolute Gasteiger partial charge is 0.225 e. The van der Waals surface area contributed by atoms with Crippen LogP contribution in [0, 0.1) is 17.7 Å². The highest BCUT2D eigenvalue weighted by Crippen LogP contribution is 2.46. The summed E-state index contributed by atoms with van der Waals surface area (Å²) in [5, 5.41) is 0. The van der Waals surface area contributed by atoms with Crippen molar-refractivity contribution in [3.63, 3.8) is 0 Å². The molecule has 2 aliphatic carbocycles. The summed E-state index contributed by atoms with van der Waals surface area (Å²) in [7, 11) is 1.56.